The molecule has 0 amide bonds. The van der Waals surface area contributed by atoms with Crippen LogP contribution in [0.5, 0.6) is 0 Å². The standard InChI is InChI=1S/C25H30ClN5/c1-5-29(14-19-8-6-9-19)15-22-18(4)28-25-30(22)21-10-7-11-27-24(21)31(25)23-17(3)12-16(2)13-20(23)26/h7,10-13,19H,5-6,8-9,14-15H2,1-4H3. The summed E-state index contributed by atoms with van der Waals surface area (Å²) < 4.78 is 4.42. The van der Waals surface area contributed by atoms with Crippen LogP contribution in [0.4, 0.5) is 0 Å². The Kier molecular flexibility index (Phi) is 5.27. The molecule has 0 bridgehead atoms. The van der Waals surface area contributed by atoms with Gasteiger partial charge in [-0.25, -0.2) is 9.97 Å². The van der Waals surface area contributed by atoms with Gasteiger partial charge in [-0.05, 0) is 75.4 Å². The summed E-state index contributed by atoms with van der Waals surface area (Å²) >= 11 is 6.77. The zero-order chi connectivity index (χ0) is 21.7. The monoisotopic (exact) mass is 435 g/mol. The van der Waals surface area contributed by atoms with Crippen LogP contribution in [-0.2, 0) is 6.54 Å². The number of benzene rings is 1. The van der Waals surface area contributed by atoms with Crippen molar-refractivity contribution in [2.24, 2.45) is 5.92 Å². The first-order valence-corrected chi connectivity index (χ1v) is 11.7. The van der Waals surface area contributed by atoms with Gasteiger partial charge in [0.1, 0.15) is 0 Å². The fourth-order valence-corrected chi connectivity index (χ4v) is 5.33. The van der Waals surface area contributed by atoms with E-state index in [4.69, 9.17) is 21.6 Å². The molecule has 1 aromatic carbocycles. The van der Waals surface area contributed by atoms with E-state index in [1.165, 1.54) is 31.5 Å². The van der Waals surface area contributed by atoms with Crippen molar-refractivity contribution in [1.29, 1.82) is 0 Å². The first-order chi connectivity index (χ1) is 15.0. The Morgan fingerprint density at radius 1 is 1.19 bits per heavy atom. The molecule has 0 spiro atoms. The van der Waals surface area contributed by atoms with Gasteiger partial charge in [0.05, 0.1) is 27.6 Å². The Morgan fingerprint density at radius 3 is 2.68 bits per heavy atom. The van der Waals surface area contributed by atoms with Crippen LogP contribution in [0.15, 0.2) is 30.5 Å². The van der Waals surface area contributed by atoms with E-state index in [1.54, 1.807) is 0 Å². The SMILES string of the molecule is CCN(Cc1c(C)nc2n(-c3c(C)cc(C)cc3Cl)c3ncccc3n12)CC1CCC1. The number of halogens is 1. The smallest absolute Gasteiger partial charge is 0.221 e. The highest BCUT2D eigenvalue weighted by molar-refractivity contribution is 6.32. The maximum absolute atomic E-state index is 6.77. The van der Waals surface area contributed by atoms with Gasteiger partial charge in [-0.3, -0.25) is 13.9 Å². The summed E-state index contributed by atoms with van der Waals surface area (Å²) in [6, 6.07) is 8.32. The lowest BCUT2D eigenvalue weighted by atomic mass is 9.85. The van der Waals surface area contributed by atoms with Gasteiger partial charge in [0, 0.05) is 19.3 Å². The summed E-state index contributed by atoms with van der Waals surface area (Å²) in [5, 5.41) is 0.727. The van der Waals surface area contributed by atoms with Gasteiger partial charge < -0.3 is 0 Å². The summed E-state index contributed by atoms with van der Waals surface area (Å²) in [4.78, 5) is 12.3. The number of nitrogens with zero attached hydrogens (tertiary/aromatic N) is 5. The molecule has 5 rings (SSSR count). The first kappa shape index (κ1) is 20.5. The lowest BCUT2D eigenvalue weighted by Crippen LogP contribution is -2.32. The predicted molar refractivity (Wildman–Crippen MR) is 127 cm³/mol. The van der Waals surface area contributed by atoms with Crippen LogP contribution in [0.1, 0.15) is 48.7 Å². The highest BCUT2D eigenvalue weighted by Gasteiger charge is 2.25. The van der Waals surface area contributed by atoms with E-state index in [2.05, 4.69) is 53.7 Å². The molecule has 3 aromatic heterocycles. The molecule has 1 fully saturated rings. The largest absolute Gasteiger partial charge is 0.298 e. The number of fused-ring (bicyclic) bond motifs is 3. The van der Waals surface area contributed by atoms with Crippen molar-refractivity contribution in [1.82, 2.24) is 23.8 Å². The van der Waals surface area contributed by atoms with E-state index in [0.717, 1.165) is 63.5 Å². The van der Waals surface area contributed by atoms with Crippen LogP contribution in [0.2, 0.25) is 5.02 Å². The zero-order valence-electron chi connectivity index (χ0n) is 18.8. The second-order valence-corrected chi connectivity index (χ2v) is 9.40. The summed E-state index contributed by atoms with van der Waals surface area (Å²) in [5.74, 6) is 1.73. The van der Waals surface area contributed by atoms with Gasteiger partial charge >= 0.3 is 0 Å². The van der Waals surface area contributed by atoms with Gasteiger partial charge in [0.15, 0.2) is 5.65 Å². The first-order valence-electron chi connectivity index (χ1n) is 11.3. The van der Waals surface area contributed by atoms with E-state index in [0.29, 0.717) is 0 Å². The topological polar surface area (TPSA) is 38.4 Å². The van der Waals surface area contributed by atoms with Crippen molar-refractivity contribution < 1.29 is 0 Å². The molecule has 162 valence electrons. The second kappa shape index (κ2) is 7.95. The average molecular weight is 436 g/mol. The molecule has 3 heterocycles. The van der Waals surface area contributed by atoms with Crippen molar-refractivity contribution in [2.45, 2.75) is 53.5 Å². The van der Waals surface area contributed by atoms with Gasteiger partial charge in [-0.15, -0.1) is 0 Å². The molecule has 0 atom stereocenters. The number of aryl methyl sites for hydroxylation is 3. The molecular formula is C25H30ClN5. The van der Waals surface area contributed by atoms with Crippen LogP contribution in [0.3, 0.4) is 0 Å². The summed E-state index contributed by atoms with van der Waals surface area (Å²) in [6.07, 6.45) is 5.96. The molecule has 4 aromatic rings. The second-order valence-electron chi connectivity index (χ2n) is 9.00. The molecule has 1 saturated carbocycles. The van der Waals surface area contributed by atoms with Gasteiger partial charge in [0.25, 0.3) is 0 Å². The van der Waals surface area contributed by atoms with Crippen LogP contribution in [0, 0.1) is 26.7 Å². The summed E-state index contributed by atoms with van der Waals surface area (Å²) in [7, 11) is 0. The Morgan fingerprint density at radius 2 is 2.00 bits per heavy atom. The van der Waals surface area contributed by atoms with E-state index in [9.17, 15) is 0 Å². The zero-order valence-corrected chi connectivity index (χ0v) is 19.6. The van der Waals surface area contributed by atoms with E-state index < -0.39 is 0 Å². The molecule has 5 nitrogen and oxygen atoms in total. The number of aromatic nitrogens is 4. The Balaban J connectivity index is 1.71. The Hall–Kier alpha value is -2.37. The minimum absolute atomic E-state index is 0.727. The molecule has 0 unspecified atom stereocenters. The molecule has 0 aliphatic heterocycles. The number of imidazole rings is 2. The fraction of sp³-hybridized carbons (Fsp3) is 0.440. The molecule has 31 heavy (non-hydrogen) atoms. The highest BCUT2D eigenvalue weighted by atomic mass is 35.5. The molecule has 0 saturated heterocycles. The van der Waals surface area contributed by atoms with Crippen molar-refractivity contribution >= 4 is 28.5 Å². The molecule has 1 aliphatic rings. The highest BCUT2D eigenvalue weighted by Crippen LogP contribution is 2.33. The quantitative estimate of drug-likeness (QED) is 0.380. The van der Waals surface area contributed by atoms with E-state index in [1.807, 2.05) is 18.3 Å². The molecule has 1 aliphatic carbocycles. The minimum Gasteiger partial charge on any atom is -0.298 e. The van der Waals surface area contributed by atoms with Crippen LogP contribution in [0.25, 0.3) is 22.6 Å². The fourth-order valence-electron chi connectivity index (χ4n) is 4.92. The maximum atomic E-state index is 6.77. The summed E-state index contributed by atoms with van der Waals surface area (Å²) in [5.41, 5.74) is 7.52. The van der Waals surface area contributed by atoms with Crippen molar-refractivity contribution in [3.63, 3.8) is 0 Å². The molecule has 6 heteroatoms. The van der Waals surface area contributed by atoms with Crippen molar-refractivity contribution in [2.75, 3.05) is 13.1 Å². The van der Waals surface area contributed by atoms with E-state index in [-0.39, 0.29) is 0 Å². The van der Waals surface area contributed by atoms with Crippen LogP contribution in [-0.4, -0.2) is 36.9 Å². The number of hydrogen-bond donors (Lipinski definition) is 0. The minimum atomic E-state index is 0.727. The van der Waals surface area contributed by atoms with Crippen molar-refractivity contribution in [3.8, 4) is 5.69 Å². The number of hydrogen-bond acceptors (Lipinski definition) is 3. The number of rotatable bonds is 6. The average Bonchev–Trinajstić information content (AvgIpc) is 3.17. The normalized spacial score (nSPS) is 14.8. The molecule has 0 radical (unpaired) electrons. The van der Waals surface area contributed by atoms with Gasteiger partial charge in [-0.1, -0.05) is 31.0 Å². The van der Waals surface area contributed by atoms with Gasteiger partial charge in [0.2, 0.25) is 5.78 Å². The van der Waals surface area contributed by atoms with E-state index >= 15 is 0 Å². The lowest BCUT2D eigenvalue weighted by molar-refractivity contribution is 0.176. The maximum Gasteiger partial charge on any atom is 0.221 e. The van der Waals surface area contributed by atoms with Crippen LogP contribution < -0.4 is 0 Å². The predicted octanol–water partition coefficient (Wildman–Crippen LogP) is 5.87. The van der Waals surface area contributed by atoms with Gasteiger partial charge in [-0.2, -0.15) is 0 Å². The third kappa shape index (κ3) is 3.44. The summed E-state index contributed by atoms with van der Waals surface area (Å²) in [6.45, 7) is 11.7. The van der Waals surface area contributed by atoms with Crippen molar-refractivity contribution in [3.05, 3.63) is 58.0 Å². The molecular weight excluding hydrogens is 406 g/mol. The third-order valence-corrected chi connectivity index (χ3v) is 7.05. The van der Waals surface area contributed by atoms with Crippen LogP contribution >= 0.6 is 11.6 Å². The Bertz CT molecular complexity index is 1240. The number of pyridine rings is 1. The molecule has 0 N–H and O–H groups in total. The Labute approximate surface area is 188 Å². The third-order valence-electron chi connectivity index (χ3n) is 6.76. The lowest BCUT2D eigenvalue weighted by Gasteiger charge is -2.31.